The number of methoxy groups -OCH3 is 1. The molecule has 1 rings (SSSR count). The van der Waals surface area contributed by atoms with Gasteiger partial charge in [-0.15, -0.1) is 11.8 Å². The molecule has 0 aliphatic carbocycles. The van der Waals surface area contributed by atoms with Gasteiger partial charge in [0, 0.05) is 20.7 Å². The quantitative estimate of drug-likeness (QED) is 0.476. The van der Waals surface area contributed by atoms with Gasteiger partial charge < -0.3 is 4.74 Å². The predicted octanol–water partition coefficient (Wildman–Crippen LogP) is 2.92. The number of carbonyl (C=O) groups excluding carboxylic acids is 2. The van der Waals surface area contributed by atoms with Crippen molar-refractivity contribution in [2.75, 3.05) is 12.9 Å². The van der Waals surface area contributed by atoms with Crippen molar-refractivity contribution in [2.45, 2.75) is 11.3 Å². The van der Waals surface area contributed by atoms with Crippen LogP contribution in [0.15, 0.2) is 27.6 Å². The summed E-state index contributed by atoms with van der Waals surface area (Å²) >= 11 is 4.92. The van der Waals surface area contributed by atoms with Crippen LogP contribution in [0.25, 0.3) is 0 Å². The van der Waals surface area contributed by atoms with E-state index < -0.39 is 0 Å². The van der Waals surface area contributed by atoms with Gasteiger partial charge in [-0.25, -0.2) is 0 Å². The zero-order valence-corrected chi connectivity index (χ0v) is 11.1. The molecule has 0 fully saturated rings. The van der Waals surface area contributed by atoms with Crippen molar-refractivity contribution in [1.82, 2.24) is 0 Å². The van der Waals surface area contributed by atoms with E-state index in [1.54, 1.807) is 23.9 Å². The van der Waals surface area contributed by atoms with Crippen molar-refractivity contribution < 1.29 is 14.3 Å². The molecule has 0 atom stereocenters. The maximum atomic E-state index is 10.9. The van der Waals surface area contributed by atoms with Gasteiger partial charge >= 0.3 is 5.97 Å². The van der Waals surface area contributed by atoms with Crippen molar-refractivity contribution in [3.63, 3.8) is 0 Å². The number of benzene rings is 1. The summed E-state index contributed by atoms with van der Waals surface area (Å²) in [6, 6.07) is 5.36. The van der Waals surface area contributed by atoms with Crippen molar-refractivity contribution >= 4 is 39.9 Å². The number of esters is 1. The van der Waals surface area contributed by atoms with Crippen LogP contribution in [0.1, 0.15) is 16.8 Å². The van der Waals surface area contributed by atoms with E-state index in [9.17, 15) is 9.59 Å². The maximum absolute atomic E-state index is 10.9. The lowest BCUT2D eigenvalue weighted by atomic mass is 10.2. The highest BCUT2D eigenvalue weighted by Crippen LogP contribution is 2.28. The van der Waals surface area contributed by atoms with Gasteiger partial charge in [-0.2, -0.15) is 0 Å². The van der Waals surface area contributed by atoms with E-state index >= 15 is 0 Å². The molecule has 0 bridgehead atoms. The first kappa shape index (κ1) is 13.3. The molecule has 0 spiro atoms. The van der Waals surface area contributed by atoms with Crippen LogP contribution in [-0.2, 0) is 9.53 Å². The van der Waals surface area contributed by atoms with E-state index in [0.717, 1.165) is 15.7 Å². The highest BCUT2D eigenvalue weighted by atomic mass is 79.9. The number of halogens is 1. The van der Waals surface area contributed by atoms with E-state index in [0.29, 0.717) is 17.7 Å². The number of aldehydes is 1. The Balaban J connectivity index is 2.54. The van der Waals surface area contributed by atoms with Crippen LogP contribution >= 0.6 is 27.7 Å². The maximum Gasteiger partial charge on any atom is 0.306 e. The highest BCUT2D eigenvalue weighted by Gasteiger charge is 2.04. The predicted molar refractivity (Wildman–Crippen MR) is 66.9 cm³/mol. The number of rotatable bonds is 5. The summed E-state index contributed by atoms with van der Waals surface area (Å²) < 4.78 is 5.41. The molecule has 0 saturated carbocycles. The largest absolute Gasteiger partial charge is 0.469 e. The first-order valence-corrected chi connectivity index (χ1v) is 6.39. The standard InChI is InChI=1S/C11H11BrO3S/c1-15-11(14)4-5-16-10-3-2-8(7-13)6-9(10)12/h2-3,6-7H,4-5H2,1H3. The molecule has 0 heterocycles. The molecule has 86 valence electrons. The zero-order valence-electron chi connectivity index (χ0n) is 8.73. The van der Waals surface area contributed by atoms with E-state index in [-0.39, 0.29) is 5.97 Å². The lowest BCUT2D eigenvalue weighted by Gasteiger charge is -2.04. The highest BCUT2D eigenvalue weighted by molar-refractivity contribution is 9.10. The monoisotopic (exact) mass is 302 g/mol. The van der Waals surface area contributed by atoms with Crippen molar-refractivity contribution in [1.29, 1.82) is 0 Å². The van der Waals surface area contributed by atoms with Gasteiger partial charge in [-0.3, -0.25) is 9.59 Å². The fourth-order valence-corrected chi connectivity index (χ4v) is 2.64. The summed E-state index contributed by atoms with van der Waals surface area (Å²) in [6.07, 6.45) is 1.18. The third-order valence-electron chi connectivity index (χ3n) is 1.88. The van der Waals surface area contributed by atoms with Crippen LogP contribution in [0.3, 0.4) is 0 Å². The summed E-state index contributed by atoms with van der Waals surface area (Å²) in [4.78, 5) is 22.4. The van der Waals surface area contributed by atoms with Crippen LogP contribution in [0, 0.1) is 0 Å². The molecule has 0 N–H and O–H groups in total. The molecule has 0 aliphatic rings. The molecule has 16 heavy (non-hydrogen) atoms. The number of hydrogen-bond donors (Lipinski definition) is 0. The van der Waals surface area contributed by atoms with E-state index in [4.69, 9.17) is 0 Å². The third-order valence-corrected chi connectivity index (χ3v) is 3.88. The molecule has 1 aromatic carbocycles. The van der Waals surface area contributed by atoms with Gasteiger partial charge in [0.05, 0.1) is 13.5 Å². The van der Waals surface area contributed by atoms with Crippen LogP contribution in [0.4, 0.5) is 0 Å². The van der Waals surface area contributed by atoms with Gasteiger partial charge in [0.15, 0.2) is 0 Å². The average Bonchev–Trinajstić information content (AvgIpc) is 2.30. The Morgan fingerprint density at radius 1 is 1.56 bits per heavy atom. The lowest BCUT2D eigenvalue weighted by molar-refractivity contribution is -0.140. The SMILES string of the molecule is COC(=O)CCSc1ccc(C=O)cc1Br. The second-order valence-corrected chi connectivity index (χ2v) is 4.97. The van der Waals surface area contributed by atoms with E-state index in [1.807, 2.05) is 6.07 Å². The summed E-state index contributed by atoms with van der Waals surface area (Å²) in [6.45, 7) is 0. The Morgan fingerprint density at radius 3 is 2.88 bits per heavy atom. The fraction of sp³-hybridized carbons (Fsp3) is 0.273. The molecular formula is C11H11BrO3S. The minimum absolute atomic E-state index is 0.215. The molecule has 0 aromatic heterocycles. The Hall–Kier alpha value is -0.810. The second-order valence-electron chi connectivity index (χ2n) is 2.98. The number of carbonyl (C=O) groups is 2. The van der Waals surface area contributed by atoms with Crippen LogP contribution < -0.4 is 0 Å². The number of ether oxygens (including phenoxy) is 1. The normalized spacial score (nSPS) is 9.88. The number of hydrogen-bond acceptors (Lipinski definition) is 4. The molecule has 1 aromatic rings. The fourth-order valence-electron chi connectivity index (χ4n) is 1.05. The molecule has 0 aliphatic heterocycles. The third kappa shape index (κ3) is 3.98. The molecule has 5 heteroatoms. The van der Waals surface area contributed by atoms with Crippen molar-refractivity contribution in [2.24, 2.45) is 0 Å². The smallest absolute Gasteiger partial charge is 0.306 e. The second kappa shape index (κ2) is 6.70. The molecule has 3 nitrogen and oxygen atoms in total. The Kier molecular flexibility index (Phi) is 5.55. The molecule has 0 saturated heterocycles. The summed E-state index contributed by atoms with van der Waals surface area (Å²) in [5.74, 6) is 0.444. The van der Waals surface area contributed by atoms with Gasteiger partial charge in [-0.05, 0) is 28.1 Å². The van der Waals surface area contributed by atoms with Gasteiger partial charge in [0.25, 0.3) is 0 Å². The lowest BCUT2D eigenvalue weighted by Crippen LogP contribution is -2.00. The Morgan fingerprint density at radius 2 is 2.31 bits per heavy atom. The summed E-state index contributed by atoms with van der Waals surface area (Å²) in [5, 5.41) is 0. The van der Waals surface area contributed by atoms with Crippen LogP contribution in [-0.4, -0.2) is 25.1 Å². The first-order chi connectivity index (χ1) is 7.67. The van der Waals surface area contributed by atoms with Gasteiger partial charge in [-0.1, -0.05) is 6.07 Å². The molecule has 0 amide bonds. The topological polar surface area (TPSA) is 43.4 Å². The molecular weight excluding hydrogens is 292 g/mol. The van der Waals surface area contributed by atoms with Crippen LogP contribution in [0.5, 0.6) is 0 Å². The summed E-state index contributed by atoms with van der Waals surface area (Å²) in [5.41, 5.74) is 0.629. The first-order valence-electron chi connectivity index (χ1n) is 4.61. The Labute approximate surface area is 107 Å². The van der Waals surface area contributed by atoms with E-state index in [2.05, 4.69) is 20.7 Å². The average molecular weight is 303 g/mol. The number of thioether (sulfide) groups is 1. The minimum Gasteiger partial charge on any atom is -0.469 e. The molecule has 0 radical (unpaired) electrons. The van der Waals surface area contributed by atoms with E-state index in [1.165, 1.54) is 7.11 Å². The minimum atomic E-state index is -0.215. The van der Waals surface area contributed by atoms with Gasteiger partial charge in [0.2, 0.25) is 0 Å². The zero-order chi connectivity index (χ0) is 12.0. The molecule has 0 unspecified atom stereocenters. The van der Waals surface area contributed by atoms with Crippen molar-refractivity contribution in [3.8, 4) is 0 Å². The van der Waals surface area contributed by atoms with Gasteiger partial charge in [0.1, 0.15) is 6.29 Å². The Bertz CT molecular complexity index is 393. The summed E-state index contributed by atoms with van der Waals surface area (Å²) in [7, 11) is 1.38. The van der Waals surface area contributed by atoms with Crippen LogP contribution in [0.2, 0.25) is 0 Å². The van der Waals surface area contributed by atoms with Crippen molar-refractivity contribution in [3.05, 3.63) is 28.2 Å².